The van der Waals surface area contributed by atoms with E-state index in [1.807, 2.05) is 31.2 Å². The normalized spacial score (nSPS) is 15.7. The van der Waals surface area contributed by atoms with Gasteiger partial charge in [-0.25, -0.2) is 0 Å². The topological polar surface area (TPSA) is 58.2 Å². The number of hydrogen-bond donors (Lipinski definition) is 2. The van der Waals surface area contributed by atoms with Gasteiger partial charge in [-0.2, -0.15) is 0 Å². The van der Waals surface area contributed by atoms with Crippen LogP contribution in [0.1, 0.15) is 41.7 Å². The lowest BCUT2D eigenvalue weighted by molar-refractivity contribution is -0.122. The lowest BCUT2D eigenvalue weighted by atomic mass is 9.91. The molecule has 4 nitrogen and oxygen atoms in total. The van der Waals surface area contributed by atoms with E-state index in [4.69, 9.17) is 0 Å². The molecule has 1 unspecified atom stereocenters. The summed E-state index contributed by atoms with van der Waals surface area (Å²) >= 11 is 1.67. The molecule has 1 aliphatic carbocycles. The number of carbonyl (C=O) groups excluding carboxylic acids is 2. The van der Waals surface area contributed by atoms with E-state index in [9.17, 15) is 9.59 Å². The molecule has 0 aliphatic heterocycles. The molecule has 0 heterocycles. The Balaban J connectivity index is 1.44. The van der Waals surface area contributed by atoms with Crippen LogP contribution in [0.2, 0.25) is 0 Å². The summed E-state index contributed by atoms with van der Waals surface area (Å²) in [7, 11) is 0. The Bertz CT molecular complexity index is 806. The van der Waals surface area contributed by atoms with E-state index < -0.39 is 0 Å². The van der Waals surface area contributed by atoms with Crippen LogP contribution in [0.3, 0.4) is 0 Å². The van der Waals surface area contributed by atoms with Crippen molar-refractivity contribution in [2.24, 2.45) is 0 Å². The average Bonchev–Trinajstić information content (AvgIpc) is 2.71. The molecular formula is C22H26N2O2S. The third-order valence-corrected chi connectivity index (χ3v) is 6.17. The molecule has 2 aromatic carbocycles. The molecular weight excluding hydrogens is 356 g/mol. The molecule has 142 valence electrons. The number of thioether (sulfide) groups is 1. The van der Waals surface area contributed by atoms with Crippen molar-refractivity contribution in [2.45, 2.75) is 37.9 Å². The van der Waals surface area contributed by atoms with Crippen LogP contribution in [-0.4, -0.2) is 24.1 Å². The predicted molar refractivity (Wildman–Crippen MR) is 112 cm³/mol. The number of benzene rings is 2. The number of hydrogen-bond acceptors (Lipinski definition) is 3. The van der Waals surface area contributed by atoms with Gasteiger partial charge < -0.3 is 10.6 Å². The van der Waals surface area contributed by atoms with Gasteiger partial charge in [-0.15, -0.1) is 11.8 Å². The fraction of sp³-hybridized carbons (Fsp3) is 0.364. The maximum absolute atomic E-state index is 12.2. The fourth-order valence-corrected chi connectivity index (χ4v) is 4.63. The monoisotopic (exact) mass is 382 g/mol. The Hall–Kier alpha value is -2.27. The average molecular weight is 383 g/mol. The third kappa shape index (κ3) is 5.36. The quantitative estimate of drug-likeness (QED) is 0.757. The number of carbonyl (C=O) groups is 2. The molecule has 0 bridgehead atoms. The van der Waals surface area contributed by atoms with Crippen LogP contribution in [0.5, 0.6) is 0 Å². The highest BCUT2D eigenvalue weighted by Gasteiger charge is 2.21. The van der Waals surface area contributed by atoms with E-state index in [1.54, 1.807) is 11.8 Å². The molecule has 2 aromatic rings. The van der Waals surface area contributed by atoms with Gasteiger partial charge in [0.1, 0.15) is 0 Å². The highest BCUT2D eigenvalue weighted by Crippen LogP contribution is 2.39. The number of aryl methyl sites for hydroxylation is 2. The van der Waals surface area contributed by atoms with E-state index in [1.165, 1.54) is 11.1 Å². The first-order valence-corrected chi connectivity index (χ1v) is 10.6. The molecule has 0 saturated carbocycles. The Morgan fingerprint density at radius 1 is 1.07 bits per heavy atom. The summed E-state index contributed by atoms with van der Waals surface area (Å²) < 4.78 is 0. The summed E-state index contributed by atoms with van der Waals surface area (Å²) in [5.74, 6) is 0.0805. The Morgan fingerprint density at radius 2 is 1.85 bits per heavy atom. The number of anilines is 1. The second-order valence-corrected chi connectivity index (χ2v) is 7.92. The number of amides is 2. The molecule has 0 fully saturated rings. The SMILES string of the molecule is CCc1ccccc1NC(=O)CNC(=O)CSC1CCCc2ccccc21. The molecule has 0 radical (unpaired) electrons. The van der Waals surface area contributed by atoms with Crippen LogP contribution >= 0.6 is 11.8 Å². The molecule has 27 heavy (non-hydrogen) atoms. The molecule has 0 aromatic heterocycles. The van der Waals surface area contributed by atoms with Crippen molar-refractivity contribution in [3.63, 3.8) is 0 Å². The maximum Gasteiger partial charge on any atom is 0.243 e. The first kappa shape index (κ1) is 19.5. The van der Waals surface area contributed by atoms with E-state index in [2.05, 4.69) is 34.9 Å². The van der Waals surface area contributed by atoms with Gasteiger partial charge in [0.05, 0.1) is 12.3 Å². The number of nitrogens with one attached hydrogen (secondary N) is 2. The zero-order valence-corrected chi connectivity index (χ0v) is 16.5. The maximum atomic E-state index is 12.2. The molecule has 3 rings (SSSR count). The summed E-state index contributed by atoms with van der Waals surface area (Å²) in [5.41, 5.74) is 4.65. The highest BCUT2D eigenvalue weighted by atomic mass is 32.2. The van der Waals surface area contributed by atoms with Gasteiger partial charge in [0.25, 0.3) is 0 Å². The first-order chi connectivity index (χ1) is 13.2. The lowest BCUT2D eigenvalue weighted by Crippen LogP contribution is -2.34. The molecule has 2 amide bonds. The Morgan fingerprint density at radius 3 is 2.70 bits per heavy atom. The van der Waals surface area contributed by atoms with Gasteiger partial charge in [-0.1, -0.05) is 49.4 Å². The van der Waals surface area contributed by atoms with E-state index in [-0.39, 0.29) is 18.4 Å². The fourth-order valence-electron chi connectivity index (χ4n) is 3.43. The zero-order chi connectivity index (χ0) is 19.1. The molecule has 1 aliphatic rings. The van der Waals surface area contributed by atoms with Crippen molar-refractivity contribution in [3.8, 4) is 0 Å². The Labute approximate surface area is 165 Å². The van der Waals surface area contributed by atoms with Gasteiger partial charge in [0, 0.05) is 10.9 Å². The van der Waals surface area contributed by atoms with Crippen molar-refractivity contribution in [3.05, 3.63) is 65.2 Å². The largest absolute Gasteiger partial charge is 0.346 e. The number of fused-ring (bicyclic) bond motifs is 1. The minimum atomic E-state index is -0.197. The predicted octanol–water partition coefficient (Wildman–Crippen LogP) is 4.11. The molecule has 5 heteroatoms. The van der Waals surface area contributed by atoms with E-state index >= 15 is 0 Å². The highest BCUT2D eigenvalue weighted by molar-refractivity contribution is 8.00. The van der Waals surface area contributed by atoms with Crippen molar-refractivity contribution >= 4 is 29.3 Å². The van der Waals surface area contributed by atoms with Crippen LogP contribution in [0, 0.1) is 0 Å². The summed E-state index contributed by atoms with van der Waals surface area (Å²) in [5, 5.41) is 5.97. The van der Waals surface area contributed by atoms with Crippen LogP contribution in [0.25, 0.3) is 0 Å². The van der Waals surface area contributed by atoms with E-state index in [0.29, 0.717) is 11.0 Å². The van der Waals surface area contributed by atoms with Gasteiger partial charge in [-0.3, -0.25) is 9.59 Å². The standard InChI is InChI=1S/C22H26N2O2S/c1-2-16-8-4-6-12-19(16)24-21(25)14-23-22(26)15-27-20-13-7-10-17-9-3-5-11-18(17)20/h3-6,8-9,11-12,20H,2,7,10,13-15H2,1H3,(H,23,26)(H,24,25). The van der Waals surface area contributed by atoms with Gasteiger partial charge >= 0.3 is 0 Å². The molecule has 0 saturated heterocycles. The summed E-state index contributed by atoms with van der Waals surface area (Å²) in [4.78, 5) is 24.3. The van der Waals surface area contributed by atoms with Crippen molar-refractivity contribution < 1.29 is 9.59 Å². The van der Waals surface area contributed by atoms with Gasteiger partial charge in [-0.05, 0) is 48.4 Å². The van der Waals surface area contributed by atoms with E-state index in [0.717, 1.165) is 36.9 Å². The minimum Gasteiger partial charge on any atom is -0.346 e. The van der Waals surface area contributed by atoms with Crippen LogP contribution in [0.15, 0.2) is 48.5 Å². The lowest BCUT2D eigenvalue weighted by Gasteiger charge is -2.24. The number of para-hydroxylation sites is 1. The van der Waals surface area contributed by atoms with Crippen molar-refractivity contribution in [2.75, 3.05) is 17.6 Å². The molecule has 0 spiro atoms. The van der Waals surface area contributed by atoms with Crippen LogP contribution in [0.4, 0.5) is 5.69 Å². The second kappa shape index (κ2) is 9.60. The van der Waals surface area contributed by atoms with Crippen molar-refractivity contribution in [1.82, 2.24) is 5.32 Å². The number of rotatable bonds is 7. The van der Waals surface area contributed by atoms with Gasteiger partial charge in [0.15, 0.2) is 0 Å². The third-order valence-electron chi connectivity index (χ3n) is 4.85. The first-order valence-electron chi connectivity index (χ1n) is 9.51. The van der Waals surface area contributed by atoms with Crippen LogP contribution in [-0.2, 0) is 22.4 Å². The Kier molecular flexibility index (Phi) is 6.93. The second-order valence-electron chi connectivity index (χ2n) is 6.73. The van der Waals surface area contributed by atoms with Crippen LogP contribution < -0.4 is 10.6 Å². The van der Waals surface area contributed by atoms with Crippen molar-refractivity contribution in [1.29, 1.82) is 0 Å². The molecule has 2 N–H and O–H groups in total. The zero-order valence-electron chi connectivity index (χ0n) is 15.7. The smallest absolute Gasteiger partial charge is 0.243 e. The minimum absolute atomic E-state index is 0.00129. The van der Waals surface area contributed by atoms with Gasteiger partial charge in [0.2, 0.25) is 11.8 Å². The summed E-state index contributed by atoms with van der Waals surface area (Å²) in [6.07, 6.45) is 4.24. The summed E-state index contributed by atoms with van der Waals surface area (Å²) in [6, 6.07) is 16.2. The molecule has 1 atom stereocenters. The summed E-state index contributed by atoms with van der Waals surface area (Å²) in [6.45, 7) is 2.05.